The molecule has 0 amide bonds. The Morgan fingerprint density at radius 2 is 1.98 bits per heavy atom. The number of benzene rings is 2. The Morgan fingerprint density at radius 1 is 1.20 bits per heavy atom. The number of nitrogens with zero attached hydrogens (tertiary/aromatic N) is 2. The molecule has 2 aromatic carbocycles. The van der Waals surface area contributed by atoms with Crippen LogP contribution in [-0.2, 0) is 9.53 Å². The first-order valence-electron chi connectivity index (χ1n) is 12.7. The molecule has 7 nitrogen and oxygen atoms in total. The molecule has 0 bridgehead atoms. The number of esters is 1. The van der Waals surface area contributed by atoms with Gasteiger partial charge in [-0.2, -0.15) is 0 Å². The van der Waals surface area contributed by atoms with Gasteiger partial charge in [-0.15, -0.1) is 0 Å². The second-order valence-electron chi connectivity index (χ2n) is 9.58. The minimum atomic E-state index is -0.810. The predicted octanol–water partition coefficient (Wildman–Crippen LogP) is 5.70. The Labute approximate surface area is 246 Å². The molecule has 0 fully saturated rings. The van der Waals surface area contributed by atoms with Crippen molar-refractivity contribution >= 4 is 46.6 Å². The highest BCUT2D eigenvalue weighted by molar-refractivity contribution is 7.07. The van der Waals surface area contributed by atoms with E-state index in [-0.39, 0.29) is 17.7 Å². The maximum Gasteiger partial charge on any atom is 0.338 e. The second-order valence-corrected chi connectivity index (χ2v) is 11.4. The van der Waals surface area contributed by atoms with Crippen molar-refractivity contribution in [3.8, 4) is 11.5 Å². The fraction of sp³-hybridized carbons (Fsp3) is 0.300. The summed E-state index contributed by atoms with van der Waals surface area (Å²) in [5.41, 5.74) is 1.66. The van der Waals surface area contributed by atoms with Crippen LogP contribution in [0.3, 0.4) is 0 Å². The molecular weight excluding hydrogens is 571 g/mol. The van der Waals surface area contributed by atoms with Gasteiger partial charge in [0.05, 0.1) is 35.6 Å². The highest BCUT2D eigenvalue weighted by Crippen LogP contribution is 2.36. The molecule has 0 saturated carbocycles. The van der Waals surface area contributed by atoms with Crippen LogP contribution in [0.1, 0.15) is 44.4 Å². The van der Waals surface area contributed by atoms with Crippen LogP contribution in [0.2, 0.25) is 10.0 Å². The third kappa shape index (κ3) is 6.35. The lowest BCUT2D eigenvalue weighted by Crippen LogP contribution is -2.40. The summed E-state index contributed by atoms with van der Waals surface area (Å²) in [6.45, 7) is 10.2. The van der Waals surface area contributed by atoms with Gasteiger partial charge < -0.3 is 14.2 Å². The number of hydrogen-bond donors (Lipinski definition) is 0. The van der Waals surface area contributed by atoms with Crippen LogP contribution in [0.5, 0.6) is 11.5 Å². The maximum atomic E-state index is 13.9. The van der Waals surface area contributed by atoms with Crippen molar-refractivity contribution in [3.63, 3.8) is 0 Å². The molecule has 0 spiro atoms. The van der Waals surface area contributed by atoms with Gasteiger partial charge in [0.25, 0.3) is 5.56 Å². The second kappa shape index (κ2) is 12.9. The first kappa shape index (κ1) is 29.6. The van der Waals surface area contributed by atoms with Gasteiger partial charge >= 0.3 is 5.97 Å². The average Bonchev–Trinajstić information content (AvgIpc) is 3.22. The SMILES string of the molecule is C=CCOC(=O)C1=C(C)N=c2sc(=Cc3ccc(Cl)cc3Cl)c(=O)n2C1c1ccc(OCCC(C)C)c(OC)c1. The number of aromatic nitrogens is 1. The molecule has 0 aliphatic carbocycles. The first-order valence-corrected chi connectivity index (χ1v) is 14.3. The number of rotatable bonds is 10. The summed E-state index contributed by atoms with van der Waals surface area (Å²) in [7, 11) is 1.55. The summed E-state index contributed by atoms with van der Waals surface area (Å²) in [6, 6.07) is 9.65. The Bertz CT molecular complexity index is 1660. The van der Waals surface area contributed by atoms with E-state index in [1.807, 2.05) is 6.07 Å². The average molecular weight is 602 g/mol. The number of ether oxygens (including phenoxy) is 3. The predicted molar refractivity (Wildman–Crippen MR) is 159 cm³/mol. The lowest BCUT2D eigenvalue weighted by Gasteiger charge is -2.25. The van der Waals surface area contributed by atoms with Crippen molar-refractivity contribution in [1.82, 2.24) is 4.57 Å². The van der Waals surface area contributed by atoms with Gasteiger partial charge in [-0.3, -0.25) is 9.36 Å². The normalized spacial score (nSPS) is 15.1. The molecule has 0 saturated heterocycles. The van der Waals surface area contributed by atoms with E-state index in [1.165, 1.54) is 22.0 Å². The van der Waals surface area contributed by atoms with Crippen LogP contribution in [0, 0.1) is 5.92 Å². The molecule has 1 aliphatic rings. The van der Waals surface area contributed by atoms with Crippen molar-refractivity contribution in [1.29, 1.82) is 0 Å². The number of methoxy groups -OCH3 is 1. The summed E-state index contributed by atoms with van der Waals surface area (Å²) in [4.78, 5) is 32.2. The van der Waals surface area contributed by atoms with E-state index < -0.39 is 12.0 Å². The van der Waals surface area contributed by atoms with Crippen molar-refractivity contribution in [3.05, 3.63) is 101 Å². The quantitative estimate of drug-likeness (QED) is 0.220. The smallest absolute Gasteiger partial charge is 0.338 e. The van der Waals surface area contributed by atoms with E-state index in [0.717, 1.165) is 6.42 Å². The summed E-state index contributed by atoms with van der Waals surface area (Å²) >= 11 is 13.6. The number of fused-ring (bicyclic) bond motifs is 1. The van der Waals surface area contributed by atoms with Crippen molar-refractivity contribution in [2.75, 3.05) is 20.3 Å². The Balaban J connectivity index is 1.88. The molecule has 1 unspecified atom stereocenters. The van der Waals surface area contributed by atoms with Crippen LogP contribution < -0.4 is 24.4 Å². The third-order valence-electron chi connectivity index (χ3n) is 6.28. The van der Waals surface area contributed by atoms with Gasteiger partial charge in [0.15, 0.2) is 16.3 Å². The number of halogens is 2. The van der Waals surface area contributed by atoms with Crippen LogP contribution in [-0.4, -0.2) is 30.9 Å². The van der Waals surface area contributed by atoms with Gasteiger partial charge in [-0.1, -0.05) is 73.2 Å². The molecule has 4 rings (SSSR count). The zero-order valence-corrected chi connectivity index (χ0v) is 25.0. The number of thiazole rings is 1. The minimum absolute atomic E-state index is 0.0216. The molecule has 40 heavy (non-hydrogen) atoms. The molecule has 2 heterocycles. The van der Waals surface area contributed by atoms with Crippen LogP contribution in [0.4, 0.5) is 0 Å². The molecular formula is C30H30Cl2N2O5S. The summed E-state index contributed by atoms with van der Waals surface area (Å²) in [5.74, 6) is 0.974. The molecule has 0 N–H and O–H groups in total. The fourth-order valence-corrected chi connectivity index (χ4v) is 5.75. The lowest BCUT2D eigenvalue weighted by atomic mass is 9.95. The largest absolute Gasteiger partial charge is 0.493 e. The molecule has 210 valence electrons. The summed E-state index contributed by atoms with van der Waals surface area (Å²) < 4.78 is 18.9. The third-order valence-corrected chi connectivity index (χ3v) is 7.82. The van der Waals surface area contributed by atoms with E-state index in [4.69, 9.17) is 37.4 Å². The standard InChI is InChI=1S/C30H30Cl2N2O5S/c1-6-12-39-29(36)26-18(4)33-30-34(28(35)25(40-30)15-19-7-9-21(31)16-22(19)32)27(26)20-8-10-23(24(14-20)37-5)38-13-11-17(2)3/h6-10,14-17,27H,1,11-13H2,2-5H3. The highest BCUT2D eigenvalue weighted by atomic mass is 35.5. The Morgan fingerprint density at radius 3 is 2.65 bits per heavy atom. The van der Waals surface area contributed by atoms with Gasteiger partial charge in [-0.05, 0) is 60.7 Å². The number of carbonyl (C=O) groups excluding carboxylic acids is 1. The molecule has 1 aromatic heterocycles. The maximum absolute atomic E-state index is 13.9. The van der Waals surface area contributed by atoms with E-state index in [1.54, 1.807) is 50.4 Å². The highest BCUT2D eigenvalue weighted by Gasteiger charge is 2.34. The number of hydrogen-bond acceptors (Lipinski definition) is 7. The zero-order valence-electron chi connectivity index (χ0n) is 22.7. The number of carbonyl (C=O) groups is 1. The fourth-order valence-electron chi connectivity index (χ4n) is 4.25. The topological polar surface area (TPSA) is 79.1 Å². The van der Waals surface area contributed by atoms with E-state index in [0.29, 0.717) is 60.2 Å². The summed E-state index contributed by atoms with van der Waals surface area (Å²) in [6.07, 6.45) is 4.07. The van der Waals surface area contributed by atoms with Crippen molar-refractivity contribution in [2.45, 2.75) is 33.2 Å². The Kier molecular flexibility index (Phi) is 9.56. The molecule has 1 aliphatic heterocycles. The van der Waals surface area contributed by atoms with E-state index in [9.17, 15) is 9.59 Å². The lowest BCUT2D eigenvalue weighted by molar-refractivity contribution is -0.138. The molecule has 3 aromatic rings. The zero-order chi connectivity index (χ0) is 29.0. The molecule has 10 heteroatoms. The van der Waals surface area contributed by atoms with E-state index in [2.05, 4.69) is 25.4 Å². The van der Waals surface area contributed by atoms with E-state index >= 15 is 0 Å². The molecule has 0 radical (unpaired) electrons. The van der Waals surface area contributed by atoms with Crippen molar-refractivity contribution < 1.29 is 19.0 Å². The van der Waals surface area contributed by atoms with Crippen molar-refractivity contribution in [2.24, 2.45) is 10.9 Å². The van der Waals surface area contributed by atoms with Gasteiger partial charge in [0, 0.05) is 10.0 Å². The van der Waals surface area contributed by atoms with Gasteiger partial charge in [0.1, 0.15) is 6.61 Å². The minimum Gasteiger partial charge on any atom is -0.493 e. The van der Waals surface area contributed by atoms with Crippen LogP contribution >= 0.6 is 34.5 Å². The molecule has 1 atom stereocenters. The summed E-state index contributed by atoms with van der Waals surface area (Å²) in [5, 5.41) is 0.907. The van der Waals surface area contributed by atoms with Gasteiger partial charge in [0.2, 0.25) is 0 Å². The van der Waals surface area contributed by atoms with Crippen LogP contribution in [0.15, 0.2) is 70.1 Å². The monoisotopic (exact) mass is 600 g/mol. The van der Waals surface area contributed by atoms with Crippen LogP contribution in [0.25, 0.3) is 6.08 Å². The Hall–Kier alpha value is -3.33. The first-order chi connectivity index (χ1) is 19.1. The van der Waals surface area contributed by atoms with Gasteiger partial charge in [-0.25, -0.2) is 9.79 Å². The number of allylic oxidation sites excluding steroid dienone is 1.